The van der Waals surface area contributed by atoms with Crippen molar-refractivity contribution in [2.45, 2.75) is 56.8 Å². The van der Waals surface area contributed by atoms with Crippen LogP contribution in [0.4, 0.5) is 0 Å². The lowest BCUT2D eigenvalue weighted by Crippen LogP contribution is -2.53. The van der Waals surface area contributed by atoms with E-state index < -0.39 is 0 Å². The second-order valence-electron chi connectivity index (χ2n) is 9.83. The fourth-order valence-corrected chi connectivity index (χ4v) is 6.25. The van der Waals surface area contributed by atoms with E-state index in [4.69, 9.17) is 4.74 Å². The summed E-state index contributed by atoms with van der Waals surface area (Å²) in [5.41, 5.74) is 1.42. The zero-order chi connectivity index (χ0) is 17.5. The van der Waals surface area contributed by atoms with Gasteiger partial charge in [-0.1, -0.05) is 30.3 Å². The van der Waals surface area contributed by atoms with Gasteiger partial charge in [0.15, 0.2) is 0 Å². The highest BCUT2D eigenvalue weighted by Crippen LogP contribution is 2.57. The number of likely N-dealkylation sites (N-methyl/N-ethyl adjacent to an activating group) is 1. The molecule has 3 nitrogen and oxygen atoms in total. The first-order chi connectivity index (χ1) is 11.9. The summed E-state index contributed by atoms with van der Waals surface area (Å²) in [4.78, 5) is 0. The maximum Gasteiger partial charge on any atom is 0.126 e. The first kappa shape index (κ1) is 17.5. The molecule has 0 saturated heterocycles. The van der Waals surface area contributed by atoms with Gasteiger partial charge in [-0.2, -0.15) is 0 Å². The van der Waals surface area contributed by atoms with E-state index in [-0.39, 0.29) is 11.7 Å². The number of hydrogen-bond donors (Lipinski definition) is 1. The lowest BCUT2D eigenvalue weighted by molar-refractivity contribution is -0.906. The second-order valence-corrected chi connectivity index (χ2v) is 9.83. The molecule has 1 aromatic rings. The van der Waals surface area contributed by atoms with Crippen LogP contribution < -0.4 is 0 Å². The van der Waals surface area contributed by atoms with E-state index in [1.165, 1.54) is 44.1 Å². The highest BCUT2D eigenvalue weighted by atomic mass is 16.5. The number of hydrogen-bond acceptors (Lipinski definition) is 2. The van der Waals surface area contributed by atoms with Gasteiger partial charge in [-0.15, -0.1) is 0 Å². The molecule has 0 amide bonds. The van der Waals surface area contributed by atoms with Gasteiger partial charge in [0.2, 0.25) is 0 Å². The zero-order valence-corrected chi connectivity index (χ0v) is 15.9. The van der Waals surface area contributed by atoms with Crippen molar-refractivity contribution in [2.24, 2.45) is 17.8 Å². The molecule has 138 valence electrons. The largest absolute Gasteiger partial charge is 0.385 e. The Bertz CT molecular complexity index is 548. The predicted octanol–water partition coefficient (Wildman–Crippen LogP) is 3.61. The van der Waals surface area contributed by atoms with Crippen molar-refractivity contribution in [1.82, 2.24) is 0 Å². The third-order valence-electron chi connectivity index (χ3n) is 6.72. The normalized spacial score (nSPS) is 35.1. The summed E-state index contributed by atoms with van der Waals surface area (Å²) >= 11 is 0. The van der Waals surface area contributed by atoms with Crippen LogP contribution in [0.15, 0.2) is 30.3 Å². The number of ether oxygens (including phenoxy) is 1. The maximum atomic E-state index is 10.6. The van der Waals surface area contributed by atoms with Crippen LogP contribution in [0.5, 0.6) is 0 Å². The van der Waals surface area contributed by atoms with Crippen molar-refractivity contribution < 1.29 is 14.3 Å². The summed E-state index contributed by atoms with van der Waals surface area (Å²) in [5, 5.41) is 10.6. The molecule has 5 rings (SSSR count). The maximum absolute atomic E-state index is 10.6. The average Bonchev–Trinajstić information content (AvgIpc) is 2.52. The Hall–Kier alpha value is -0.900. The van der Waals surface area contributed by atoms with Crippen molar-refractivity contribution in [2.75, 3.05) is 27.2 Å². The fraction of sp³-hybridized carbons (Fsp3) is 0.727. The van der Waals surface area contributed by atoms with Gasteiger partial charge in [0, 0.05) is 5.56 Å². The molecular weight excluding hydrogens is 310 g/mol. The van der Waals surface area contributed by atoms with E-state index >= 15 is 0 Å². The molecule has 3 heteroatoms. The third kappa shape index (κ3) is 4.10. The van der Waals surface area contributed by atoms with Crippen molar-refractivity contribution in [3.63, 3.8) is 0 Å². The minimum absolute atomic E-state index is 0.103. The van der Waals surface area contributed by atoms with Crippen LogP contribution in [0, 0.1) is 17.8 Å². The molecule has 4 aliphatic rings. The molecule has 4 bridgehead atoms. The van der Waals surface area contributed by atoms with Crippen molar-refractivity contribution in [3.05, 3.63) is 35.9 Å². The number of benzene rings is 1. The Balaban J connectivity index is 1.29. The Kier molecular flexibility index (Phi) is 4.68. The molecule has 4 fully saturated rings. The Morgan fingerprint density at radius 1 is 1.04 bits per heavy atom. The van der Waals surface area contributed by atoms with Crippen LogP contribution in [-0.4, -0.2) is 48.5 Å². The van der Waals surface area contributed by atoms with Crippen molar-refractivity contribution in [3.8, 4) is 0 Å². The molecule has 0 spiro atoms. The number of rotatable bonds is 7. The molecule has 4 saturated carbocycles. The Labute approximate surface area is 152 Å². The van der Waals surface area contributed by atoms with E-state index in [9.17, 15) is 5.11 Å². The summed E-state index contributed by atoms with van der Waals surface area (Å²) in [6.45, 7) is 2.18. The van der Waals surface area contributed by atoms with Gasteiger partial charge in [0.25, 0.3) is 0 Å². The molecule has 0 aliphatic heterocycles. The van der Waals surface area contributed by atoms with Gasteiger partial charge in [0.1, 0.15) is 19.2 Å². The molecule has 1 atom stereocenters. The van der Waals surface area contributed by atoms with Crippen LogP contribution in [0.3, 0.4) is 0 Å². The van der Waals surface area contributed by atoms with Gasteiger partial charge >= 0.3 is 0 Å². The summed E-state index contributed by atoms with van der Waals surface area (Å²) in [7, 11) is 4.39. The standard InChI is InChI=1S/C22H34NO2/c1-23(2,14-17-6-4-3-5-7-17)15-21(24)16-25-22-11-18-8-19(12-22)10-20(9-18)13-22/h3-7,18-21,24H,8-16H2,1-2H3/q+1. The Morgan fingerprint density at radius 3 is 2.16 bits per heavy atom. The predicted molar refractivity (Wildman–Crippen MR) is 100.0 cm³/mol. The number of quaternary nitrogens is 1. The van der Waals surface area contributed by atoms with Crippen LogP contribution >= 0.6 is 0 Å². The summed E-state index contributed by atoms with van der Waals surface area (Å²) in [5.74, 6) is 2.69. The van der Waals surface area contributed by atoms with Crippen LogP contribution in [0.2, 0.25) is 0 Å². The Morgan fingerprint density at radius 2 is 1.60 bits per heavy atom. The number of aliphatic hydroxyl groups excluding tert-OH is 1. The molecule has 0 heterocycles. The molecule has 1 N–H and O–H groups in total. The summed E-state index contributed by atoms with van der Waals surface area (Å²) in [6.07, 6.45) is 7.66. The average molecular weight is 345 g/mol. The molecule has 1 aromatic carbocycles. The molecule has 0 aromatic heterocycles. The molecule has 1 unspecified atom stereocenters. The summed E-state index contributed by atoms with van der Waals surface area (Å²) in [6, 6.07) is 10.6. The highest BCUT2D eigenvalue weighted by Gasteiger charge is 2.51. The SMILES string of the molecule is C[N+](C)(Cc1ccccc1)CC(O)COC12CC3CC(CC(C3)C1)C2. The second kappa shape index (κ2) is 6.68. The van der Waals surface area contributed by atoms with E-state index in [2.05, 4.69) is 44.4 Å². The minimum atomic E-state index is -0.383. The monoisotopic (exact) mass is 344 g/mol. The minimum Gasteiger partial charge on any atom is -0.385 e. The molecule has 4 aliphatic carbocycles. The zero-order valence-electron chi connectivity index (χ0n) is 15.9. The van der Waals surface area contributed by atoms with Gasteiger partial charge in [-0.05, 0) is 56.3 Å². The summed E-state index contributed by atoms with van der Waals surface area (Å²) < 4.78 is 7.23. The van der Waals surface area contributed by atoms with Gasteiger partial charge in [0.05, 0.1) is 26.3 Å². The van der Waals surface area contributed by atoms with Crippen LogP contribution in [0.1, 0.15) is 44.1 Å². The van der Waals surface area contributed by atoms with Gasteiger partial charge < -0.3 is 14.3 Å². The highest BCUT2D eigenvalue weighted by molar-refractivity contribution is 5.13. The molecule has 25 heavy (non-hydrogen) atoms. The first-order valence-electron chi connectivity index (χ1n) is 10.1. The molecule has 0 radical (unpaired) electrons. The smallest absolute Gasteiger partial charge is 0.126 e. The lowest BCUT2D eigenvalue weighted by atomic mass is 9.54. The quantitative estimate of drug-likeness (QED) is 0.766. The van der Waals surface area contributed by atoms with Gasteiger partial charge in [-0.25, -0.2) is 0 Å². The van der Waals surface area contributed by atoms with Crippen molar-refractivity contribution in [1.29, 1.82) is 0 Å². The van der Waals surface area contributed by atoms with Gasteiger partial charge in [-0.3, -0.25) is 0 Å². The van der Waals surface area contributed by atoms with Crippen LogP contribution in [0.25, 0.3) is 0 Å². The van der Waals surface area contributed by atoms with Crippen LogP contribution in [-0.2, 0) is 11.3 Å². The van der Waals surface area contributed by atoms with E-state index in [1.807, 2.05) is 0 Å². The fourth-order valence-electron chi connectivity index (χ4n) is 6.25. The van der Waals surface area contributed by atoms with Crippen molar-refractivity contribution >= 4 is 0 Å². The number of aliphatic hydroxyl groups is 1. The van der Waals surface area contributed by atoms with E-state index in [1.54, 1.807) is 0 Å². The first-order valence-corrected chi connectivity index (χ1v) is 10.1. The number of nitrogens with zero attached hydrogens (tertiary/aromatic N) is 1. The van der Waals surface area contributed by atoms with E-state index in [0.717, 1.165) is 35.3 Å². The molecular formula is C22H34NO2+. The lowest BCUT2D eigenvalue weighted by Gasteiger charge is -2.56. The van der Waals surface area contributed by atoms with E-state index in [0.29, 0.717) is 6.61 Å². The topological polar surface area (TPSA) is 29.5 Å². The third-order valence-corrected chi connectivity index (χ3v) is 6.72.